The van der Waals surface area contributed by atoms with Crippen molar-refractivity contribution in [2.24, 2.45) is 5.73 Å². The molecule has 1 aliphatic heterocycles. The Morgan fingerprint density at radius 3 is 2.11 bits per heavy atom. The summed E-state index contributed by atoms with van der Waals surface area (Å²) in [4.78, 5) is 46.5. The van der Waals surface area contributed by atoms with Gasteiger partial charge in [0.2, 0.25) is 5.91 Å². The van der Waals surface area contributed by atoms with Gasteiger partial charge in [0, 0.05) is 13.0 Å². The number of urea groups is 1. The molecule has 1 aromatic carbocycles. The Hall–Kier alpha value is -2.70. The van der Waals surface area contributed by atoms with Crippen LogP contribution in [0, 0.1) is 0 Å². The van der Waals surface area contributed by atoms with Gasteiger partial charge in [-0.3, -0.25) is 24.6 Å². The Labute approximate surface area is 108 Å². The second-order valence-electron chi connectivity index (χ2n) is 3.97. The van der Waals surface area contributed by atoms with Crippen LogP contribution in [0.15, 0.2) is 24.3 Å². The number of hydrogen-bond donors (Lipinski definition) is 2. The normalized spacial score (nSPS) is 13.4. The first-order chi connectivity index (χ1) is 9.00. The highest BCUT2D eigenvalue weighted by Crippen LogP contribution is 2.22. The Morgan fingerprint density at radius 2 is 1.63 bits per heavy atom. The highest BCUT2D eigenvalue weighted by atomic mass is 16.2. The molecule has 0 atom stereocenters. The lowest BCUT2D eigenvalue weighted by Crippen LogP contribution is -2.38. The molecule has 1 aliphatic rings. The van der Waals surface area contributed by atoms with Crippen molar-refractivity contribution in [2.45, 2.75) is 6.42 Å². The molecule has 0 aliphatic carbocycles. The fourth-order valence-electron chi connectivity index (χ4n) is 1.86. The molecule has 0 bridgehead atoms. The van der Waals surface area contributed by atoms with Crippen LogP contribution < -0.4 is 11.1 Å². The molecular weight excluding hydrogens is 250 g/mol. The molecule has 2 rings (SSSR count). The van der Waals surface area contributed by atoms with E-state index in [0.29, 0.717) is 11.1 Å². The van der Waals surface area contributed by atoms with Crippen molar-refractivity contribution < 1.29 is 19.2 Å². The van der Waals surface area contributed by atoms with Crippen LogP contribution in [0.4, 0.5) is 4.79 Å². The highest BCUT2D eigenvalue weighted by Gasteiger charge is 2.34. The van der Waals surface area contributed by atoms with Gasteiger partial charge in [-0.1, -0.05) is 12.1 Å². The molecule has 98 valence electrons. The van der Waals surface area contributed by atoms with Gasteiger partial charge in [-0.25, -0.2) is 4.79 Å². The molecule has 3 N–H and O–H groups in total. The zero-order chi connectivity index (χ0) is 14.0. The van der Waals surface area contributed by atoms with E-state index in [1.807, 2.05) is 5.32 Å². The van der Waals surface area contributed by atoms with E-state index in [2.05, 4.69) is 0 Å². The summed E-state index contributed by atoms with van der Waals surface area (Å²) in [5.74, 6) is -1.51. The van der Waals surface area contributed by atoms with E-state index in [-0.39, 0.29) is 13.0 Å². The van der Waals surface area contributed by atoms with Gasteiger partial charge in [0.15, 0.2) is 0 Å². The Balaban J connectivity index is 2.05. The maximum absolute atomic E-state index is 11.9. The van der Waals surface area contributed by atoms with Gasteiger partial charge in [0.1, 0.15) is 0 Å². The highest BCUT2D eigenvalue weighted by molar-refractivity contribution is 6.21. The largest absolute Gasteiger partial charge is 0.351 e. The molecule has 0 spiro atoms. The van der Waals surface area contributed by atoms with E-state index in [1.165, 1.54) is 0 Å². The molecule has 1 heterocycles. The van der Waals surface area contributed by atoms with E-state index in [4.69, 9.17) is 5.73 Å². The van der Waals surface area contributed by atoms with Crippen LogP contribution in [0.3, 0.4) is 0 Å². The lowest BCUT2D eigenvalue weighted by Gasteiger charge is -2.12. The van der Waals surface area contributed by atoms with Crippen molar-refractivity contribution in [1.29, 1.82) is 0 Å². The van der Waals surface area contributed by atoms with Gasteiger partial charge in [-0.15, -0.1) is 0 Å². The van der Waals surface area contributed by atoms with Crippen molar-refractivity contribution in [3.8, 4) is 0 Å². The number of carbonyl (C=O) groups excluding carboxylic acids is 4. The smallest absolute Gasteiger partial charge is 0.318 e. The molecule has 7 nitrogen and oxygen atoms in total. The number of fused-ring (bicyclic) bond motifs is 1. The van der Waals surface area contributed by atoms with Gasteiger partial charge < -0.3 is 5.73 Å². The first kappa shape index (κ1) is 12.7. The van der Waals surface area contributed by atoms with Gasteiger partial charge in [-0.05, 0) is 12.1 Å². The third kappa shape index (κ3) is 2.44. The van der Waals surface area contributed by atoms with Crippen LogP contribution >= 0.6 is 0 Å². The summed E-state index contributed by atoms with van der Waals surface area (Å²) in [6.07, 6.45) is -0.172. The standard InChI is InChI=1S/C12H11N3O4/c13-12(19)14-9(16)5-6-15-10(17)7-3-1-2-4-8(7)11(15)18/h1-4H,5-6H2,(H3,13,14,16,19). The maximum Gasteiger partial charge on any atom is 0.318 e. The first-order valence-electron chi connectivity index (χ1n) is 5.55. The number of imide groups is 2. The fraction of sp³-hybridized carbons (Fsp3) is 0.167. The summed E-state index contributed by atoms with van der Waals surface area (Å²) in [7, 11) is 0. The van der Waals surface area contributed by atoms with Crippen LogP contribution in [0.1, 0.15) is 27.1 Å². The maximum atomic E-state index is 11.9. The summed E-state index contributed by atoms with van der Waals surface area (Å²) in [5, 5.41) is 1.87. The van der Waals surface area contributed by atoms with Crippen molar-refractivity contribution in [3.05, 3.63) is 35.4 Å². The van der Waals surface area contributed by atoms with Gasteiger partial charge in [-0.2, -0.15) is 0 Å². The van der Waals surface area contributed by atoms with E-state index in [9.17, 15) is 19.2 Å². The summed E-state index contributed by atoms with van der Waals surface area (Å²) in [6, 6.07) is 5.46. The topological polar surface area (TPSA) is 110 Å². The third-order valence-electron chi connectivity index (χ3n) is 2.70. The summed E-state index contributed by atoms with van der Waals surface area (Å²) in [5.41, 5.74) is 5.43. The van der Waals surface area contributed by atoms with Gasteiger partial charge in [0.05, 0.1) is 11.1 Å². The summed E-state index contributed by atoms with van der Waals surface area (Å²) < 4.78 is 0. The number of carbonyl (C=O) groups is 4. The molecule has 0 unspecified atom stereocenters. The minimum atomic E-state index is -0.965. The predicted molar refractivity (Wildman–Crippen MR) is 64.2 cm³/mol. The molecule has 0 saturated heterocycles. The Morgan fingerprint density at radius 1 is 1.11 bits per heavy atom. The molecule has 19 heavy (non-hydrogen) atoms. The molecule has 5 amide bonds. The van der Waals surface area contributed by atoms with Crippen molar-refractivity contribution >= 4 is 23.8 Å². The van der Waals surface area contributed by atoms with Gasteiger partial charge in [0.25, 0.3) is 11.8 Å². The quantitative estimate of drug-likeness (QED) is 0.738. The Bertz CT molecular complexity index is 547. The van der Waals surface area contributed by atoms with E-state index >= 15 is 0 Å². The monoisotopic (exact) mass is 261 g/mol. The number of hydrogen-bond acceptors (Lipinski definition) is 4. The second kappa shape index (κ2) is 4.89. The Kier molecular flexibility index (Phi) is 3.28. The fourth-order valence-corrected chi connectivity index (χ4v) is 1.86. The van der Waals surface area contributed by atoms with Crippen molar-refractivity contribution in [1.82, 2.24) is 10.2 Å². The molecule has 7 heteroatoms. The van der Waals surface area contributed by atoms with Gasteiger partial charge >= 0.3 is 6.03 Å². The van der Waals surface area contributed by atoms with E-state index in [1.54, 1.807) is 24.3 Å². The second-order valence-corrected chi connectivity index (χ2v) is 3.97. The number of nitrogens with one attached hydrogen (secondary N) is 1. The summed E-state index contributed by atoms with van der Waals surface area (Å²) in [6.45, 7) is -0.0918. The molecule has 1 aromatic rings. The zero-order valence-corrected chi connectivity index (χ0v) is 9.88. The first-order valence-corrected chi connectivity index (χ1v) is 5.55. The molecule has 0 saturated carbocycles. The van der Waals surface area contributed by atoms with E-state index in [0.717, 1.165) is 4.90 Å². The average Bonchev–Trinajstić information content (AvgIpc) is 2.60. The molecule has 0 radical (unpaired) electrons. The number of nitrogens with two attached hydrogens (primary N) is 1. The number of nitrogens with zero attached hydrogens (tertiary/aromatic N) is 1. The van der Waals surface area contributed by atoms with Crippen molar-refractivity contribution in [3.63, 3.8) is 0 Å². The van der Waals surface area contributed by atoms with E-state index < -0.39 is 23.8 Å². The third-order valence-corrected chi connectivity index (χ3v) is 2.70. The van der Waals surface area contributed by atoms with Crippen LogP contribution in [-0.4, -0.2) is 35.2 Å². The minimum absolute atomic E-state index is 0.0918. The number of rotatable bonds is 3. The average molecular weight is 261 g/mol. The minimum Gasteiger partial charge on any atom is -0.351 e. The molecule has 0 fully saturated rings. The summed E-state index contributed by atoms with van der Waals surface area (Å²) >= 11 is 0. The van der Waals surface area contributed by atoms with Crippen LogP contribution in [-0.2, 0) is 4.79 Å². The van der Waals surface area contributed by atoms with Crippen LogP contribution in [0.25, 0.3) is 0 Å². The van der Waals surface area contributed by atoms with Crippen molar-refractivity contribution in [2.75, 3.05) is 6.54 Å². The number of amides is 5. The molecular formula is C12H11N3O4. The van der Waals surface area contributed by atoms with Crippen LogP contribution in [0.2, 0.25) is 0 Å². The lowest BCUT2D eigenvalue weighted by atomic mass is 10.1. The number of benzene rings is 1. The zero-order valence-electron chi connectivity index (χ0n) is 9.88. The molecule has 0 aromatic heterocycles. The predicted octanol–water partition coefficient (Wildman–Crippen LogP) is -0.132. The van der Waals surface area contributed by atoms with Crippen LogP contribution in [0.5, 0.6) is 0 Å². The number of primary amides is 1. The SMILES string of the molecule is NC(=O)NC(=O)CCN1C(=O)c2ccccc2C1=O. The lowest BCUT2D eigenvalue weighted by molar-refractivity contribution is -0.120.